The van der Waals surface area contributed by atoms with Crippen LogP contribution >= 0.6 is 0 Å². The van der Waals surface area contributed by atoms with Crippen LogP contribution in [0.3, 0.4) is 0 Å². The zero-order valence-corrected chi connectivity index (χ0v) is 14.4. The summed E-state index contributed by atoms with van der Waals surface area (Å²) in [6.07, 6.45) is 3.47. The molecule has 0 aliphatic rings. The highest BCUT2D eigenvalue weighted by molar-refractivity contribution is 5.77. The van der Waals surface area contributed by atoms with E-state index in [9.17, 15) is 0 Å². The molecule has 3 heteroatoms. The van der Waals surface area contributed by atoms with Crippen molar-refractivity contribution >= 4 is 29.6 Å². The normalized spacial score (nSPS) is 12.1. The highest BCUT2D eigenvalue weighted by Crippen LogP contribution is 2.31. The number of rotatable bonds is 5. The molecule has 3 rings (SSSR count). The zero-order valence-electron chi connectivity index (χ0n) is 14.4. The molecule has 0 saturated heterocycles. The topological polar surface area (TPSA) is 21.7 Å². The maximum Gasteiger partial charge on any atom is 0.0925 e. The average molecular weight is 331 g/mol. The molecule has 0 saturated carbocycles. The van der Waals surface area contributed by atoms with E-state index in [0.717, 1.165) is 27.5 Å². The zero-order chi connectivity index (χ0) is 17.5. The van der Waals surface area contributed by atoms with Gasteiger partial charge in [-0.15, -0.1) is 0 Å². The summed E-state index contributed by atoms with van der Waals surface area (Å²) in [7, 11) is 3.30. The fourth-order valence-electron chi connectivity index (χ4n) is 2.82. The van der Waals surface area contributed by atoms with Gasteiger partial charge in [-0.3, -0.25) is 0 Å². The summed E-state index contributed by atoms with van der Waals surface area (Å²) >= 11 is 0. The van der Waals surface area contributed by atoms with Crippen molar-refractivity contribution in [2.45, 2.75) is 0 Å². The minimum Gasteiger partial charge on any atom is -0.504 e. The molecule has 0 amide bonds. The van der Waals surface area contributed by atoms with E-state index in [-0.39, 0.29) is 0 Å². The van der Waals surface area contributed by atoms with Gasteiger partial charge in [-0.25, -0.2) is 0 Å². The third-order valence-electron chi connectivity index (χ3n) is 3.87. The van der Waals surface area contributed by atoms with Crippen LogP contribution in [-0.4, -0.2) is 14.2 Å². The van der Waals surface area contributed by atoms with Gasteiger partial charge in [0, 0.05) is 21.8 Å². The van der Waals surface area contributed by atoms with Gasteiger partial charge in [0.05, 0.1) is 32.4 Å². The van der Waals surface area contributed by atoms with Gasteiger partial charge in [0.1, 0.15) is 0 Å². The first kappa shape index (κ1) is 16.7. The Bertz CT molecular complexity index is 882. The van der Waals surface area contributed by atoms with Crippen LogP contribution in [0.15, 0.2) is 78.9 Å². The Morgan fingerprint density at radius 2 is 1.20 bits per heavy atom. The first-order valence-corrected chi connectivity index (χ1v) is 8.10. The van der Waals surface area contributed by atoms with Crippen LogP contribution in [0.2, 0.25) is 0 Å². The number of para-hydroxylation sites is 2. The van der Waals surface area contributed by atoms with Crippen LogP contribution in [0.1, 0.15) is 0 Å². The minimum atomic E-state index is 0.957. The summed E-state index contributed by atoms with van der Waals surface area (Å²) in [5.41, 5.74) is 3.17. The second-order valence-corrected chi connectivity index (χ2v) is 5.49. The maximum atomic E-state index is 5.35. The van der Waals surface area contributed by atoms with Crippen molar-refractivity contribution in [1.82, 2.24) is 0 Å². The molecule has 0 unspecified atom stereocenters. The standard InChI is InChI=1S/C22H21NO2/c1-24-16-18-10-9-15-22(21(18)17-25-2)23(19-11-5-3-6-12-19)20-13-7-4-8-14-20/h3-17H,1-2H3. The molecule has 3 nitrogen and oxygen atoms in total. The van der Waals surface area contributed by atoms with Gasteiger partial charge in [0.25, 0.3) is 0 Å². The van der Waals surface area contributed by atoms with Crippen LogP contribution in [-0.2, 0) is 9.47 Å². The largest absolute Gasteiger partial charge is 0.504 e. The van der Waals surface area contributed by atoms with Crippen LogP contribution in [0.25, 0.3) is 12.5 Å². The lowest BCUT2D eigenvalue weighted by atomic mass is 10.1. The van der Waals surface area contributed by atoms with E-state index < -0.39 is 0 Å². The summed E-state index contributed by atoms with van der Waals surface area (Å²) in [4.78, 5) is 2.21. The van der Waals surface area contributed by atoms with E-state index in [1.165, 1.54) is 0 Å². The molecule has 0 atom stereocenters. The Morgan fingerprint density at radius 1 is 0.640 bits per heavy atom. The first-order valence-electron chi connectivity index (χ1n) is 8.10. The SMILES string of the molecule is COC=c1cccc(N(c2ccccc2)c2ccccc2)c1=COC. The quantitative estimate of drug-likeness (QED) is 0.707. The fraction of sp³-hybridized carbons (Fsp3) is 0.0909. The van der Waals surface area contributed by atoms with E-state index in [1.807, 2.05) is 48.5 Å². The summed E-state index contributed by atoms with van der Waals surface area (Å²) < 4.78 is 10.6. The highest BCUT2D eigenvalue weighted by Gasteiger charge is 2.13. The monoisotopic (exact) mass is 331 g/mol. The molecule has 0 spiro atoms. The molecule has 0 aliphatic carbocycles. The number of hydrogen-bond donors (Lipinski definition) is 0. The first-order chi connectivity index (χ1) is 12.3. The molecule has 0 aromatic heterocycles. The molecule has 3 aromatic rings. The Labute approximate surface area is 148 Å². The van der Waals surface area contributed by atoms with Gasteiger partial charge in [0.2, 0.25) is 0 Å². The molecule has 25 heavy (non-hydrogen) atoms. The summed E-state index contributed by atoms with van der Waals surface area (Å²) in [5.74, 6) is 0. The van der Waals surface area contributed by atoms with Gasteiger partial charge in [-0.2, -0.15) is 0 Å². The Hall–Kier alpha value is -3.20. The van der Waals surface area contributed by atoms with Gasteiger partial charge >= 0.3 is 0 Å². The number of anilines is 3. The number of benzene rings is 3. The lowest BCUT2D eigenvalue weighted by molar-refractivity contribution is 0.387. The average Bonchev–Trinajstić information content (AvgIpc) is 2.66. The summed E-state index contributed by atoms with van der Waals surface area (Å²) in [6, 6.07) is 26.7. The van der Waals surface area contributed by atoms with Crippen LogP contribution in [0.4, 0.5) is 17.1 Å². The van der Waals surface area contributed by atoms with Gasteiger partial charge < -0.3 is 14.4 Å². The summed E-state index contributed by atoms with van der Waals surface area (Å²) in [6.45, 7) is 0. The molecule has 0 N–H and O–H groups in total. The lowest BCUT2D eigenvalue weighted by Gasteiger charge is -2.26. The van der Waals surface area contributed by atoms with E-state index in [2.05, 4.69) is 35.2 Å². The molecule has 3 aromatic carbocycles. The van der Waals surface area contributed by atoms with Crippen molar-refractivity contribution in [3.8, 4) is 0 Å². The van der Waals surface area contributed by atoms with E-state index in [1.54, 1.807) is 26.7 Å². The Kier molecular flexibility index (Phi) is 5.37. The minimum absolute atomic E-state index is 0.957. The maximum absolute atomic E-state index is 5.35. The molecule has 0 fully saturated rings. The molecular formula is C22H21NO2. The fourth-order valence-corrected chi connectivity index (χ4v) is 2.82. The van der Waals surface area contributed by atoms with Crippen molar-refractivity contribution in [2.75, 3.05) is 19.1 Å². The number of hydrogen-bond acceptors (Lipinski definition) is 3. The molecule has 0 heterocycles. The second-order valence-electron chi connectivity index (χ2n) is 5.49. The predicted molar refractivity (Wildman–Crippen MR) is 103 cm³/mol. The van der Waals surface area contributed by atoms with E-state index >= 15 is 0 Å². The van der Waals surface area contributed by atoms with Crippen LogP contribution in [0.5, 0.6) is 0 Å². The van der Waals surface area contributed by atoms with Crippen LogP contribution < -0.4 is 15.3 Å². The van der Waals surface area contributed by atoms with Gasteiger partial charge in [-0.05, 0) is 30.3 Å². The number of ether oxygens (including phenoxy) is 2. The van der Waals surface area contributed by atoms with Crippen molar-refractivity contribution < 1.29 is 9.47 Å². The van der Waals surface area contributed by atoms with Crippen molar-refractivity contribution in [3.63, 3.8) is 0 Å². The Morgan fingerprint density at radius 3 is 1.72 bits per heavy atom. The smallest absolute Gasteiger partial charge is 0.0925 e. The lowest BCUT2D eigenvalue weighted by Crippen LogP contribution is -2.31. The number of nitrogens with zero attached hydrogens (tertiary/aromatic N) is 1. The summed E-state index contributed by atoms with van der Waals surface area (Å²) in [5, 5.41) is 1.92. The van der Waals surface area contributed by atoms with E-state index in [4.69, 9.17) is 9.47 Å². The van der Waals surface area contributed by atoms with Crippen molar-refractivity contribution in [3.05, 3.63) is 89.3 Å². The van der Waals surface area contributed by atoms with Crippen molar-refractivity contribution in [2.24, 2.45) is 0 Å². The van der Waals surface area contributed by atoms with E-state index in [0.29, 0.717) is 0 Å². The van der Waals surface area contributed by atoms with Crippen LogP contribution in [0, 0.1) is 0 Å². The number of methoxy groups -OCH3 is 2. The van der Waals surface area contributed by atoms with Gasteiger partial charge in [-0.1, -0.05) is 48.5 Å². The Balaban J connectivity index is 2.31. The third-order valence-corrected chi connectivity index (χ3v) is 3.87. The second kappa shape index (κ2) is 8.06. The highest BCUT2D eigenvalue weighted by atomic mass is 16.5. The predicted octanol–water partition coefficient (Wildman–Crippen LogP) is 3.93. The molecule has 0 aliphatic heterocycles. The molecule has 0 radical (unpaired) electrons. The third kappa shape index (κ3) is 3.66. The molecular weight excluding hydrogens is 310 g/mol. The van der Waals surface area contributed by atoms with Crippen molar-refractivity contribution in [1.29, 1.82) is 0 Å². The van der Waals surface area contributed by atoms with Gasteiger partial charge in [0.15, 0.2) is 0 Å². The molecule has 126 valence electrons. The molecule has 0 bridgehead atoms.